The Kier molecular flexibility index (Phi) is 6.76. The Balaban J connectivity index is 1.87. The summed E-state index contributed by atoms with van der Waals surface area (Å²) in [5.41, 5.74) is 1.76. The number of halogens is 2. The molecule has 9 heteroatoms. The van der Waals surface area contributed by atoms with Crippen molar-refractivity contribution in [3.05, 3.63) is 52.1 Å². The van der Waals surface area contributed by atoms with Crippen LogP contribution in [0.2, 0.25) is 0 Å². The first-order chi connectivity index (χ1) is 15.5. The molecule has 1 atom stereocenters. The topological polar surface area (TPSA) is 54.2 Å². The molecule has 0 amide bonds. The largest absolute Gasteiger partial charge is 0.493 e. The molecule has 2 heterocycles. The second-order valence-corrected chi connectivity index (χ2v) is 8.11. The van der Waals surface area contributed by atoms with Crippen molar-refractivity contribution in [3.8, 4) is 28.5 Å². The number of hydrogen-bond acceptors (Lipinski definition) is 6. The number of rotatable bonds is 7. The molecule has 0 aliphatic carbocycles. The summed E-state index contributed by atoms with van der Waals surface area (Å²) in [6, 6.07) is 7.08. The highest BCUT2D eigenvalue weighted by molar-refractivity contribution is 7.07. The zero-order valence-electron chi connectivity index (χ0n) is 18.1. The van der Waals surface area contributed by atoms with E-state index in [-0.39, 0.29) is 11.8 Å². The van der Waals surface area contributed by atoms with E-state index >= 15 is 0 Å². The first-order valence-electron chi connectivity index (χ1n) is 10.1. The Hall–Kier alpha value is -2.91. The monoisotopic (exact) mass is 462 g/mol. The van der Waals surface area contributed by atoms with Gasteiger partial charge in [0.2, 0.25) is 5.75 Å². The molecule has 1 aliphatic heterocycles. The number of hydrogen-bond donors (Lipinski definition) is 0. The molecule has 3 aromatic rings. The van der Waals surface area contributed by atoms with Crippen molar-refractivity contribution in [1.29, 1.82) is 0 Å². The number of ether oxygens (including phenoxy) is 4. The van der Waals surface area contributed by atoms with Crippen molar-refractivity contribution < 1.29 is 27.7 Å². The molecule has 2 aromatic carbocycles. The molecule has 170 valence electrons. The van der Waals surface area contributed by atoms with Gasteiger partial charge in [0.25, 0.3) is 0 Å². The number of aromatic nitrogens is 1. The lowest BCUT2D eigenvalue weighted by Crippen LogP contribution is -2.24. The van der Waals surface area contributed by atoms with Crippen molar-refractivity contribution in [2.75, 3.05) is 27.9 Å². The summed E-state index contributed by atoms with van der Waals surface area (Å²) in [7, 11) is 4.68. The molecular formula is C23H24F2N2O4S. The minimum absolute atomic E-state index is 0.0300. The molecular weight excluding hydrogens is 438 g/mol. The van der Waals surface area contributed by atoms with Crippen LogP contribution < -0.4 is 19.0 Å². The summed E-state index contributed by atoms with van der Waals surface area (Å²) in [6.07, 6.45) is 1.96. The normalized spacial score (nSPS) is 16.4. The standard InChI is InChI=1S/C23H24F2N2O4S/c1-28-20-9-14(10-21(29-2)22(20)30-3)19-13-32-23(27(19)12-16-5-4-8-31-16)26-18-7-6-15(24)11-17(18)25/h6-7,9-11,13,16H,4-5,8,12H2,1-3H3. The fourth-order valence-electron chi connectivity index (χ4n) is 3.72. The summed E-state index contributed by atoms with van der Waals surface area (Å²) in [6.45, 7) is 1.27. The van der Waals surface area contributed by atoms with Crippen LogP contribution in [0.25, 0.3) is 11.3 Å². The maximum absolute atomic E-state index is 14.3. The van der Waals surface area contributed by atoms with Crippen LogP contribution in [0, 0.1) is 11.6 Å². The van der Waals surface area contributed by atoms with E-state index in [1.165, 1.54) is 23.5 Å². The van der Waals surface area contributed by atoms with Crippen LogP contribution in [0.5, 0.6) is 17.2 Å². The van der Waals surface area contributed by atoms with Gasteiger partial charge >= 0.3 is 0 Å². The van der Waals surface area contributed by atoms with Crippen molar-refractivity contribution in [1.82, 2.24) is 4.57 Å². The Bertz CT molecular complexity index is 1140. The van der Waals surface area contributed by atoms with Gasteiger partial charge in [-0.05, 0) is 37.1 Å². The van der Waals surface area contributed by atoms with E-state index in [0.29, 0.717) is 35.2 Å². The Morgan fingerprint density at radius 3 is 2.44 bits per heavy atom. The van der Waals surface area contributed by atoms with Gasteiger partial charge in [-0.1, -0.05) is 0 Å². The second kappa shape index (κ2) is 9.70. The van der Waals surface area contributed by atoms with Crippen molar-refractivity contribution >= 4 is 17.0 Å². The molecule has 0 spiro atoms. The van der Waals surface area contributed by atoms with Crippen LogP contribution in [0.15, 0.2) is 40.7 Å². The van der Waals surface area contributed by atoms with Crippen LogP contribution in [-0.2, 0) is 11.3 Å². The van der Waals surface area contributed by atoms with Gasteiger partial charge < -0.3 is 23.5 Å². The molecule has 6 nitrogen and oxygen atoms in total. The van der Waals surface area contributed by atoms with Crippen molar-refractivity contribution in [3.63, 3.8) is 0 Å². The van der Waals surface area contributed by atoms with Crippen molar-refractivity contribution in [2.24, 2.45) is 4.99 Å². The van der Waals surface area contributed by atoms with E-state index in [2.05, 4.69) is 4.99 Å². The van der Waals surface area contributed by atoms with Gasteiger partial charge in [-0.2, -0.15) is 0 Å². The molecule has 1 aromatic heterocycles. The third-order valence-corrected chi connectivity index (χ3v) is 6.16. The zero-order valence-corrected chi connectivity index (χ0v) is 18.9. The Morgan fingerprint density at radius 2 is 1.84 bits per heavy atom. The van der Waals surface area contributed by atoms with Crippen LogP contribution in [-0.4, -0.2) is 38.6 Å². The highest BCUT2D eigenvalue weighted by Crippen LogP contribution is 2.41. The van der Waals surface area contributed by atoms with E-state index in [1.807, 2.05) is 22.1 Å². The van der Waals surface area contributed by atoms with Gasteiger partial charge in [0.15, 0.2) is 22.1 Å². The van der Waals surface area contributed by atoms with Crippen LogP contribution in [0.4, 0.5) is 14.5 Å². The first kappa shape index (κ1) is 22.3. The predicted octanol–water partition coefficient (Wildman–Crippen LogP) is 4.93. The number of benzene rings is 2. The minimum Gasteiger partial charge on any atom is -0.493 e. The molecule has 0 radical (unpaired) electrons. The molecule has 1 aliphatic rings. The lowest BCUT2D eigenvalue weighted by Gasteiger charge is -2.17. The van der Waals surface area contributed by atoms with Gasteiger partial charge in [0.1, 0.15) is 11.5 Å². The highest BCUT2D eigenvalue weighted by atomic mass is 32.1. The first-order valence-corrected chi connectivity index (χ1v) is 11.0. The fourth-order valence-corrected chi connectivity index (χ4v) is 4.65. The Morgan fingerprint density at radius 1 is 1.09 bits per heavy atom. The summed E-state index contributed by atoms with van der Waals surface area (Å²) in [4.78, 5) is 5.06. The SMILES string of the molecule is COc1cc(-c2csc(=Nc3ccc(F)cc3F)n2CC2CCCO2)cc(OC)c1OC. The minimum atomic E-state index is -0.712. The van der Waals surface area contributed by atoms with Crippen LogP contribution in [0.3, 0.4) is 0 Å². The average molecular weight is 463 g/mol. The third-order valence-electron chi connectivity index (χ3n) is 5.29. The predicted molar refractivity (Wildman–Crippen MR) is 118 cm³/mol. The molecule has 1 saturated heterocycles. The summed E-state index contributed by atoms with van der Waals surface area (Å²) < 4.78 is 51.9. The summed E-state index contributed by atoms with van der Waals surface area (Å²) >= 11 is 1.37. The van der Waals surface area contributed by atoms with Gasteiger partial charge in [-0.25, -0.2) is 13.8 Å². The molecule has 4 rings (SSSR count). The van der Waals surface area contributed by atoms with Gasteiger partial charge in [0.05, 0.1) is 39.7 Å². The molecule has 1 unspecified atom stereocenters. The fraction of sp³-hybridized carbons (Fsp3) is 0.348. The maximum atomic E-state index is 14.3. The van der Waals surface area contributed by atoms with Crippen molar-refractivity contribution in [2.45, 2.75) is 25.5 Å². The number of nitrogens with zero attached hydrogens (tertiary/aromatic N) is 2. The molecule has 1 fully saturated rings. The van der Waals surface area contributed by atoms with Gasteiger partial charge in [-0.3, -0.25) is 0 Å². The Labute approximate surface area is 188 Å². The summed E-state index contributed by atoms with van der Waals surface area (Å²) in [5, 5.41) is 1.94. The van der Waals surface area contributed by atoms with E-state index in [1.54, 1.807) is 21.3 Å². The lowest BCUT2D eigenvalue weighted by atomic mass is 10.1. The summed E-state index contributed by atoms with van der Waals surface area (Å²) in [5.74, 6) is 0.201. The third kappa shape index (κ3) is 4.49. The molecule has 32 heavy (non-hydrogen) atoms. The van der Waals surface area contributed by atoms with E-state index < -0.39 is 11.6 Å². The molecule has 0 N–H and O–H groups in total. The van der Waals surface area contributed by atoms with Crippen LogP contribution >= 0.6 is 11.3 Å². The number of methoxy groups -OCH3 is 3. The van der Waals surface area contributed by atoms with E-state index in [0.717, 1.165) is 30.2 Å². The zero-order chi connectivity index (χ0) is 22.7. The second-order valence-electron chi connectivity index (χ2n) is 7.27. The molecule has 0 saturated carbocycles. The highest BCUT2D eigenvalue weighted by Gasteiger charge is 2.21. The maximum Gasteiger partial charge on any atom is 0.203 e. The molecule has 0 bridgehead atoms. The van der Waals surface area contributed by atoms with Gasteiger partial charge in [0, 0.05) is 23.6 Å². The van der Waals surface area contributed by atoms with E-state index in [9.17, 15) is 8.78 Å². The van der Waals surface area contributed by atoms with Crippen LogP contribution in [0.1, 0.15) is 12.8 Å². The quantitative estimate of drug-likeness (QED) is 0.500. The average Bonchev–Trinajstić information content (AvgIpc) is 3.45. The smallest absolute Gasteiger partial charge is 0.203 e. The van der Waals surface area contributed by atoms with Gasteiger partial charge in [-0.15, -0.1) is 11.3 Å². The number of thiazole rings is 1. The lowest BCUT2D eigenvalue weighted by molar-refractivity contribution is 0.0968. The van der Waals surface area contributed by atoms with E-state index in [4.69, 9.17) is 18.9 Å².